The monoisotopic (exact) mass is 418 g/mol. The molecule has 11 heteroatoms. The van der Waals surface area contributed by atoms with Gasteiger partial charge in [0.2, 0.25) is 11.8 Å². The van der Waals surface area contributed by atoms with Gasteiger partial charge >= 0.3 is 6.18 Å². The topological polar surface area (TPSA) is 67.3 Å². The van der Waals surface area contributed by atoms with Crippen molar-refractivity contribution < 1.29 is 17.9 Å². The molecule has 134 valence electrons. The molecule has 0 atom stereocenters. The first-order chi connectivity index (χ1) is 11.9. The molecule has 7 nitrogen and oxygen atoms in total. The molecule has 0 saturated carbocycles. The van der Waals surface area contributed by atoms with Crippen LogP contribution >= 0.6 is 15.9 Å². The highest BCUT2D eigenvalue weighted by Gasteiger charge is 2.33. The third-order valence-electron chi connectivity index (χ3n) is 3.72. The normalized spacial score (nSPS) is 15.4. The molecule has 1 aliphatic heterocycles. The molecule has 0 radical (unpaired) electrons. The number of alkyl halides is 3. The molecular weight excluding hydrogens is 405 g/mol. The zero-order chi connectivity index (χ0) is 18.0. The van der Waals surface area contributed by atoms with Gasteiger partial charge in [0.1, 0.15) is 0 Å². The predicted octanol–water partition coefficient (Wildman–Crippen LogP) is 2.38. The number of ether oxygens (including phenoxy) is 1. The average Bonchev–Trinajstić information content (AvgIpc) is 2.62. The first-order valence-corrected chi connectivity index (χ1v) is 8.15. The second kappa shape index (κ2) is 6.98. The van der Waals surface area contributed by atoms with Crippen molar-refractivity contribution in [1.82, 2.24) is 20.2 Å². The zero-order valence-corrected chi connectivity index (χ0v) is 14.7. The summed E-state index contributed by atoms with van der Waals surface area (Å²) in [5, 5.41) is 6.94. The number of anilines is 2. The molecule has 1 fully saturated rings. The fourth-order valence-electron chi connectivity index (χ4n) is 2.42. The Labute approximate surface area is 150 Å². The van der Waals surface area contributed by atoms with E-state index in [1.807, 2.05) is 9.80 Å². The summed E-state index contributed by atoms with van der Waals surface area (Å²) < 4.78 is 43.4. The van der Waals surface area contributed by atoms with E-state index in [9.17, 15) is 13.2 Å². The number of hydrogen-bond donors (Lipinski definition) is 0. The minimum atomic E-state index is -4.48. The highest BCUT2D eigenvalue weighted by Crippen LogP contribution is 2.28. The van der Waals surface area contributed by atoms with Gasteiger partial charge in [-0.15, -0.1) is 10.2 Å². The highest BCUT2D eigenvalue weighted by atomic mass is 79.9. The maximum absolute atomic E-state index is 12.5. The number of rotatable bonds is 3. The van der Waals surface area contributed by atoms with Gasteiger partial charge in [-0.3, -0.25) is 0 Å². The van der Waals surface area contributed by atoms with E-state index in [1.54, 1.807) is 6.20 Å². The molecule has 0 N–H and O–H groups in total. The van der Waals surface area contributed by atoms with Crippen molar-refractivity contribution in [3.8, 4) is 5.88 Å². The molecule has 0 aromatic carbocycles. The van der Waals surface area contributed by atoms with E-state index in [0.717, 1.165) is 6.07 Å². The van der Waals surface area contributed by atoms with E-state index < -0.39 is 11.9 Å². The van der Waals surface area contributed by atoms with Crippen LogP contribution in [0.3, 0.4) is 0 Å². The Kier molecular flexibility index (Phi) is 4.93. The lowest BCUT2D eigenvalue weighted by atomic mass is 10.3. The number of halogens is 4. The molecule has 0 spiro atoms. The summed E-state index contributed by atoms with van der Waals surface area (Å²) in [7, 11) is 1.53. The van der Waals surface area contributed by atoms with Gasteiger partial charge < -0.3 is 14.5 Å². The maximum Gasteiger partial charge on any atom is 0.435 e. The summed E-state index contributed by atoms with van der Waals surface area (Å²) in [5.41, 5.74) is -0.995. The molecule has 0 aliphatic carbocycles. The van der Waals surface area contributed by atoms with Gasteiger partial charge in [-0.1, -0.05) is 0 Å². The number of methoxy groups -OCH3 is 1. The van der Waals surface area contributed by atoms with Crippen LogP contribution in [0.25, 0.3) is 0 Å². The smallest absolute Gasteiger partial charge is 0.435 e. The lowest BCUT2D eigenvalue weighted by Crippen LogP contribution is -2.47. The van der Waals surface area contributed by atoms with E-state index in [0.29, 0.717) is 48.3 Å². The standard InChI is InChI=1S/C14H14BrF3N6O/c1-25-12-9(15)8-19-13(20-12)24-6-4-23(5-7-24)11-3-2-10(21-22-11)14(16,17)18/h2-3,8H,4-7H2,1H3. The average molecular weight is 419 g/mol. The van der Waals surface area contributed by atoms with Gasteiger partial charge in [-0.05, 0) is 28.1 Å². The van der Waals surface area contributed by atoms with Crippen molar-refractivity contribution >= 4 is 27.7 Å². The third-order valence-corrected chi connectivity index (χ3v) is 4.26. The summed E-state index contributed by atoms with van der Waals surface area (Å²) in [6.45, 7) is 2.35. The molecule has 0 bridgehead atoms. The fourth-order valence-corrected chi connectivity index (χ4v) is 2.77. The summed E-state index contributed by atoms with van der Waals surface area (Å²) in [5.74, 6) is 1.40. The summed E-state index contributed by atoms with van der Waals surface area (Å²) in [4.78, 5) is 12.4. The van der Waals surface area contributed by atoms with Crippen LogP contribution in [0.2, 0.25) is 0 Å². The zero-order valence-electron chi connectivity index (χ0n) is 13.2. The lowest BCUT2D eigenvalue weighted by molar-refractivity contribution is -0.141. The van der Waals surface area contributed by atoms with Crippen LogP contribution in [-0.4, -0.2) is 53.5 Å². The van der Waals surface area contributed by atoms with Crippen molar-refractivity contribution in [1.29, 1.82) is 0 Å². The molecule has 2 aromatic heterocycles. The van der Waals surface area contributed by atoms with Gasteiger partial charge in [0.05, 0.1) is 17.8 Å². The Balaban J connectivity index is 1.66. The largest absolute Gasteiger partial charge is 0.480 e. The molecule has 25 heavy (non-hydrogen) atoms. The highest BCUT2D eigenvalue weighted by molar-refractivity contribution is 9.10. The number of piperazine rings is 1. The van der Waals surface area contributed by atoms with E-state index >= 15 is 0 Å². The molecule has 0 amide bonds. The van der Waals surface area contributed by atoms with Crippen molar-refractivity contribution in [3.05, 3.63) is 28.5 Å². The number of nitrogens with zero attached hydrogens (tertiary/aromatic N) is 6. The Morgan fingerprint density at radius 3 is 2.32 bits per heavy atom. The summed E-state index contributed by atoms with van der Waals surface area (Å²) in [6, 6.07) is 2.28. The van der Waals surface area contributed by atoms with E-state index in [-0.39, 0.29) is 0 Å². The van der Waals surface area contributed by atoms with Crippen LogP contribution in [0.5, 0.6) is 5.88 Å². The minimum absolute atomic E-state index is 0.418. The van der Waals surface area contributed by atoms with Gasteiger partial charge in [0.25, 0.3) is 0 Å². The molecule has 2 aromatic rings. The number of hydrogen-bond acceptors (Lipinski definition) is 7. The quantitative estimate of drug-likeness (QED) is 0.757. The summed E-state index contributed by atoms with van der Waals surface area (Å²) >= 11 is 3.30. The van der Waals surface area contributed by atoms with Gasteiger partial charge in [-0.25, -0.2) is 4.98 Å². The lowest BCUT2D eigenvalue weighted by Gasteiger charge is -2.35. The number of aromatic nitrogens is 4. The molecule has 3 heterocycles. The minimum Gasteiger partial charge on any atom is -0.480 e. The Morgan fingerprint density at radius 2 is 1.76 bits per heavy atom. The first kappa shape index (κ1) is 17.6. The third kappa shape index (κ3) is 3.91. The second-order valence-electron chi connectivity index (χ2n) is 5.28. The maximum atomic E-state index is 12.5. The molecule has 1 saturated heterocycles. The SMILES string of the molecule is COc1nc(N2CCN(c3ccc(C(F)(F)F)nn3)CC2)ncc1Br. The Bertz CT molecular complexity index is 734. The molecule has 3 rings (SSSR count). The first-order valence-electron chi connectivity index (χ1n) is 7.36. The summed E-state index contributed by atoms with van der Waals surface area (Å²) in [6.07, 6.45) is -2.86. The van der Waals surface area contributed by atoms with Crippen molar-refractivity contribution in [3.63, 3.8) is 0 Å². The fraction of sp³-hybridized carbons (Fsp3) is 0.429. The van der Waals surface area contributed by atoms with E-state index in [4.69, 9.17) is 4.74 Å². The predicted molar refractivity (Wildman–Crippen MR) is 87.7 cm³/mol. The van der Waals surface area contributed by atoms with Crippen LogP contribution in [0.15, 0.2) is 22.8 Å². The van der Waals surface area contributed by atoms with Crippen LogP contribution in [0, 0.1) is 0 Å². The Morgan fingerprint density at radius 1 is 1.08 bits per heavy atom. The molecule has 1 aliphatic rings. The Hall–Kier alpha value is -2.17. The van der Waals surface area contributed by atoms with Crippen LogP contribution in [-0.2, 0) is 6.18 Å². The van der Waals surface area contributed by atoms with Crippen molar-refractivity contribution in [2.45, 2.75) is 6.18 Å². The van der Waals surface area contributed by atoms with Gasteiger partial charge in [-0.2, -0.15) is 18.2 Å². The van der Waals surface area contributed by atoms with Gasteiger partial charge in [0, 0.05) is 26.2 Å². The van der Waals surface area contributed by atoms with Crippen molar-refractivity contribution in [2.75, 3.05) is 43.1 Å². The van der Waals surface area contributed by atoms with Crippen LogP contribution in [0.4, 0.5) is 24.9 Å². The van der Waals surface area contributed by atoms with Crippen LogP contribution < -0.4 is 14.5 Å². The van der Waals surface area contributed by atoms with Crippen LogP contribution in [0.1, 0.15) is 5.69 Å². The van der Waals surface area contributed by atoms with Gasteiger partial charge in [0.15, 0.2) is 11.5 Å². The molecular formula is C14H14BrF3N6O. The van der Waals surface area contributed by atoms with Crippen molar-refractivity contribution in [2.24, 2.45) is 0 Å². The van der Waals surface area contributed by atoms with E-state index in [2.05, 4.69) is 36.1 Å². The molecule has 0 unspecified atom stereocenters. The van der Waals surface area contributed by atoms with E-state index in [1.165, 1.54) is 13.2 Å². The second-order valence-corrected chi connectivity index (χ2v) is 6.13.